The van der Waals surface area contributed by atoms with Gasteiger partial charge in [-0.1, -0.05) is 45.9 Å². The highest BCUT2D eigenvalue weighted by atomic mass is 32.1. The van der Waals surface area contributed by atoms with Crippen molar-refractivity contribution in [1.29, 1.82) is 0 Å². The lowest BCUT2D eigenvalue weighted by atomic mass is 10.0. The molecule has 1 saturated carbocycles. The number of fused-ring (bicyclic) bond motifs is 1. The summed E-state index contributed by atoms with van der Waals surface area (Å²) in [6, 6.07) is 7.64. The number of thiophene rings is 1. The van der Waals surface area contributed by atoms with Crippen molar-refractivity contribution in [1.82, 2.24) is 0 Å². The zero-order valence-electron chi connectivity index (χ0n) is 14.7. The summed E-state index contributed by atoms with van der Waals surface area (Å²) in [5.74, 6) is -0.480. The summed E-state index contributed by atoms with van der Waals surface area (Å²) >= 11 is 1.42. The highest BCUT2D eigenvalue weighted by Crippen LogP contribution is 2.68. The molecule has 1 aliphatic rings. The Bertz CT molecular complexity index is 805. The predicted molar refractivity (Wildman–Crippen MR) is 97.5 cm³/mol. The van der Waals surface area contributed by atoms with Crippen molar-refractivity contribution in [2.24, 2.45) is 16.7 Å². The van der Waals surface area contributed by atoms with E-state index in [0.717, 1.165) is 10.1 Å². The van der Waals surface area contributed by atoms with E-state index in [0.29, 0.717) is 17.2 Å². The molecule has 0 atom stereocenters. The molecule has 4 nitrogen and oxygen atoms in total. The van der Waals surface area contributed by atoms with E-state index in [1.54, 1.807) is 6.92 Å². The topological polar surface area (TPSA) is 55.4 Å². The Morgan fingerprint density at radius 3 is 2.38 bits per heavy atom. The Hall–Kier alpha value is -1.88. The first-order valence-electron chi connectivity index (χ1n) is 8.21. The van der Waals surface area contributed by atoms with E-state index in [4.69, 9.17) is 4.74 Å². The molecule has 1 amide bonds. The van der Waals surface area contributed by atoms with Crippen molar-refractivity contribution in [3.63, 3.8) is 0 Å². The zero-order chi connectivity index (χ0) is 17.7. The van der Waals surface area contributed by atoms with E-state index < -0.39 is 0 Å². The minimum atomic E-state index is -0.389. The summed E-state index contributed by atoms with van der Waals surface area (Å²) in [6.45, 7) is 10.5. The summed E-state index contributed by atoms with van der Waals surface area (Å²) in [5, 5.41) is 4.40. The fourth-order valence-corrected chi connectivity index (χ4v) is 4.67. The molecule has 0 saturated heterocycles. The maximum Gasteiger partial charge on any atom is 0.341 e. The van der Waals surface area contributed by atoms with Crippen LogP contribution in [0.2, 0.25) is 0 Å². The first-order valence-corrected chi connectivity index (χ1v) is 9.03. The minimum Gasteiger partial charge on any atom is -0.462 e. The average Bonchev–Trinajstić information content (AvgIpc) is 2.78. The van der Waals surface area contributed by atoms with Crippen molar-refractivity contribution in [2.45, 2.75) is 34.6 Å². The van der Waals surface area contributed by atoms with Crippen LogP contribution in [-0.4, -0.2) is 18.5 Å². The SMILES string of the molecule is CCOC(=O)c1c(NC(=O)C2C(C)(C)C2(C)C)sc2ccccc12. The van der Waals surface area contributed by atoms with Gasteiger partial charge in [0, 0.05) is 16.0 Å². The molecule has 24 heavy (non-hydrogen) atoms. The summed E-state index contributed by atoms with van der Waals surface area (Å²) in [4.78, 5) is 25.2. The van der Waals surface area contributed by atoms with Crippen LogP contribution >= 0.6 is 11.3 Å². The Morgan fingerprint density at radius 1 is 1.17 bits per heavy atom. The number of nitrogens with one attached hydrogen (secondary N) is 1. The largest absolute Gasteiger partial charge is 0.462 e. The summed E-state index contributed by atoms with van der Waals surface area (Å²) in [7, 11) is 0. The third-order valence-electron chi connectivity index (χ3n) is 5.59. The summed E-state index contributed by atoms with van der Waals surface area (Å²) < 4.78 is 6.15. The highest BCUT2D eigenvalue weighted by Gasteiger charge is 2.68. The zero-order valence-corrected chi connectivity index (χ0v) is 15.5. The number of amides is 1. The maximum absolute atomic E-state index is 12.8. The molecule has 0 aliphatic heterocycles. The van der Waals surface area contributed by atoms with E-state index in [1.165, 1.54) is 11.3 Å². The van der Waals surface area contributed by atoms with Crippen LogP contribution < -0.4 is 5.32 Å². The monoisotopic (exact) mass is 345 g/mol. The van der Waals surface area contributed by atoms with Gasteiger partial charge in [-0.25, -0.2) is 4.79 Å². The Balaban J connectivity index is 1.96. The molecule has 0 spiro atoms. The molecule has 0 radical (unpaired) electrons. The van der Waals surface area contributed by atoms with Gasteiger partial charge in [-0.05, 0) is 23.8 Å². The quantitative estimate of drug-likeness (QED) is 0.817. The number of carbonyl (C=O) groups is 2. The number of rotatable bonds is 4. The average molecular weight is 345 g/mol. The molecule has 128 valence electrons. The number of anilines is 1. The fraction of sp³-hybridized carbons (Fsp3) is 0.474. The number of hydrogen-bond donors (Lipinski definition) is 1. The van der Waals surface area contributed by atoms with Crippen LogP contribution in [0, 0.1) is 16.7 Å². The number of ether oxygens (including phenoxy) is 1. The molecule has 3 rings (SSSR count). The first-order chi connectivity index (χ1) is 11.2. The minimum absolute atomic E-state index is 0.0258. The number of benzene rings is 1. The van der Waals surface area contributed by atoms with Gasteiger partial charge >= 0.3 is 5.97 Å². The maximum atomic E-state index is 12.8. The lowest BCUT2D eigenvalue weighted by molar-refractivity contribution is -0.118. The molecule has 1 aromatic heterocycles. The molecule has 0 bridgehead atoms. The van der Waals surface area contributed by atoms with E-state index in [9.17, 15) is 9.59 Å². The van der Waals surface area contributed by atoms with Gasteiger partial charge in [0.15, 0.2) is 0 Å². The van der Waals surface area contributed by atoms with Crippen molar-refractivity contribution in [3.05, 3.63) is 29.8 Å². The Morgan fingerprint density at radius 2 is 1.79 bits per heavy atom. The highest BCUT2D eigenvalue weighted by molar-refractivity contribution is 7.23. The fourth-order valence-electron chi connectivity index (χ4n) is 3.58. The van der Waals surface area contributed by atoms with Gasteiger partial charge < -0.3 is 10.1 Å². The Labute approximate surface area is 146 Å². The number of hydrogen-bond acceptors (Lipinski definition) is 4. The van der Waals surface area contributed by atoms with Crippen LogP contribution in [0.25, 0.3) is 10.1 Å². The van der Waals surface area contributed by atoms with Gasteiger partial charge in [0.25, 0.3) is 0 Å². The third kappa shape index (κ3) is 2.42. The van der Waals surface area contributed by atoms with Gasteiger partial charge in [-0.2, -0.15) is 0 Å². The second kappa shape index (κ2) is 5.59. The van der Waals surface area contributed by atoms with E-state index >= 15 is 0 Å². The lowest BCUT2D eigenvalue weighted by Crippen LogP contribution is -2.19. The first kappa shape index (κ1) is 17.0. The second-order valence-electron chi connectivity index (χ2n) is 7.39. The van der Waals surface area contributed by atoms with Crippen molar-refractivity contribution in [2.75, 3.05) is 11.9 Å². The van der Waals surface area contributed by atoms with Crippen LogP contribution in [0.3, 0.4) is 0 Å². The molecule has 1 aromatic carbocycles. The molecule has 5 heteroatoms. The number of carbonyl (C=O) groups excluding carboxylic acids is 2. The van der Waals surface area contributed by atoms with E-state index in [-0.39, 0.29) is 28.6 Å². The van der Waals surface area contributed by atoms with Crippen LogP contribution in [0.1, 0.15) is 45.0 Å². The van der Waals surface area contributed by atoms with Gasteiger partial charge in [0.1, 0.15) is 10.6 Å². The second-order valence-corrected chi connectivity index (χ2v) is 8.44. The van der Waals surface area contributed by atoms with Crippen LogP contribution in [-0.2, 0) is 9.53 Å². The summed E-state index contributed by atoms with van der Waals surface area (Å²) in [5.41, 5.74) is 0.373. The molecule has 1 fully saturated rings. The Kier molecular flexibility index (Phi) is 3.95. The summed E-state index contributed by atoms with van der Waals surface area (Å²) in [6.07, 6.45) is 0. The van der Waals surface area contributed by atoms with E-state index in [2.05, 4.69) is 33.0 Å². The van der Waals surface area contributed by atoms with Gasteiger partial charge in [-0.15, -0.1) is 11.3 Å². The van der Waals surface area contributed by atoms with Crippen molar-refractivity contribution in [3.8, 4) is 0 Å². The lowest BCUT2D eigenvalue weighted by Gasteiger charge is -2.07. The number of esters is 1. The van der Waals surface area contributed by atoms with E-state index in [1.807, 2.05) is 24.3 Å². The van der Waals surface area contributed by atoms with Crippen LogP contribution in [0.4, 0.5) is 5.00 Å². The molecular weight excluding hydrogens is 322 g/mol. The molecular formula is C19H23NO3S. The predicted octanol–water partition coefficient (Wildman–Crippen LogP) is 4.70. The van der Waals surface area contributed by atoms with Crippen molar-refractivity contribution < 1.29 is 14.3 Å². The molecule has 1 aliphatic carbocycles. The van der Waals surface area contributed by atoms with Crippen LogP contribution in [0.5, 0.6) is 0 Å². The smallest absolute Gasteiger partial charge is 0.341 e. The molecule has 1 heterocycles. The van der Waals surface area contributed by atoms with Crippen molar-refractivity contribution >= 4 is 38.3 Å². The normalized spacial score (nSPS) is 18.4. The van der Waals surface area contributed by atoms with Gasteiger partial charge in [0.05, 0.1) is 6.61 Å². The third-order valence-corrected chi connectivity index (χ3v) is 6.68. The molecule has 0 unspecified atom stereocenters. The molecule has 2 aromatic rings. The standard InChI is InChI=1S/C19H23NO3S/c1-6-23-17(22)13-11-9-7-8-10-12(11)24-16(13)20-15(21)14-18(2,3)19(14,4)5/h7-10,14H,6H2,1-5H3,(H,20,21). The van der Waals surface area contributed by atoms with Crippen LogP contribution in [0.15, 0.2) is 24.3 Å². The van der Waals surface area contributed by atoms with Gasteiger partial charge in [-0.3, -0.25) is 4.79 Å². The van der Waals surface area contributed by atoms with Gasteiger partial charge in [0.2, 0.25) is 5.91 Å². The molecule has 1 N–H and O–H groups in total.